The van der Waals surface area contributed by atoms with Crippen molar-refractivity contribution in [3.63, 3.8) is 0 Å². The Bertz CT molecular complexity index is 579. The second-order valence-corrected chi connectivity index (χ2v) is 7.51. The van der Waals surface area contributed by atoms with Crippen LogP contribution >= 0.6 is 12.2 Å². The van der Waals surface area contributed by atoms with E-state index in [1.54, 1.807) is 0 Å². The summed E-state index contributed by atoms with van der Waals surface area (Å²) in [6, 6.07) is 0.448. The highest BCUT2D eigenvalue weighted by Gasteiger charge is 2.29. The normalized spacial score (nSPS) is 22.3. The van der Waals surface area contributed by atoms with Crippen molar-refractivity contribution in [3.8, 4) is 0 Å². The van der Waals surface area contributed by atoms with Gasteiger partial charge in [-0.05, 0) is 43.8 Å². The largest absolute Gasteiger partial charge is 0.388 e. The van der Waals surface area contributed by atoms with Crippen molar-refractivity contribution in [2.24, 2.45) is 5.92 Å². The quantitative estimate of drug-likeness (QED) is 0.736. The molecule has 1 N–H and O–H groups in total. The topological polar surface area (TPSA) is 55.4 Å². The van der Waals surface area contributed by atoms with Gasteiger partial charge in [0.15, 0.2) is 10.6 Å². The summed E-state index contributed by atoms with van der Waals surface area (Å²) in [5.74, 6) is 1.38. The number of aliphatic hydroxyl groups is 1. The van der Waals surface area contributed by atoms with Crippen LogP contribution in [0.15, 0.2) is 0 Å². The second kappa shape index (κ2) is 7.42. The third-order valence-corrected chi connectivity index (χ3v) is 5.01. The molecule has 6 nitrogen and oxygen atoms in total. The molecule has 1 saturated heterocycles. The van der Waals surface area contributed by atoms with Crippen molar-refractivity contribution in [1.29, 1.82) is 0 Å². The molecule has 1 saturated carbocycles. The van der Waals surface area contributed by atoms with E-state index >= 15 is 0 Å². The molecule has 0 spiro atoms. The van der Waals surface area contributed by atoms with E-state index in [9.17, 15) is 5.11 Å². The Labute approximate surface area is 143 Å². The smallest absolute Gasteiger partial charge is 0.199 e. The zero-order chi connectivity index (χ0) is 16.4. The van der Waals surface area contributed by atoms with Gasteiger partial charge in [-0.1, -0.05) is 13.8 Å². The van der Waals surface area contributed by atoms with Gasteiger partial charge in [0.05, 0.1) is 12.8 Å². The number of nitrogens with zero attached hydrogens (tertiary/aromatic N) is 4. The van der Waals surface area contributed by atoms with E-state index in [1.807, 2.05) is 9.25 Å². The van der Waals surface area contributed by atoms with Crippen molar-refractivity contribution in [2.45, 2.75) is 65.0 Å². The third kappa shape index (κ3) is 4.21. The molecule has 1 aromatic rings. The highest BCUT2D eigenvalue weighted by atomic mass is 32.1. The number of aromatic nitrogens is 3. The third-order valence-electron chi connectivity index (χ3n) is 4.61. The van der Waals surface area contributed by atoms with Crippen molar-refractivity contribution in [3.05, 3.63) is 10.6 Å². The van der Waals surface area contributed by atoms with Gasteiger partial charge in [0.2, 0.25) is 0 Å². The van der Waals surface area contributed by atoms with Gasteiger partial charge in [-0.2, -0.15) is 5.10 Å². The van der Waals surface area contributed by atoms with Crippen LogP contribution in [0, 0.1) is 10.7 Å². The molecule has 1 atom stereocenters. The molecule has 7 heteroatoms. The first kappa shape index (κ1) is 17.1. The zero-order valence-corrected chi connectivity index (χ0v) is 15.0. The van der Waals surface area contributed by atoms with E-state index in [4.69, 9.17) is 17.0 Å². The first-order valence-electron chi connectivity index (χ1n) is 8.71. The Morgan fingerprint density at radius 1 is 1.35 bits per heavy atom. The number of likely N-dealkylation sites (tertiary alicyclic amines) is 1. The second-order valence-electron chi connectivity index (χ2n) is 7.14. The lowest BCUT2D eigenvalue weighted by molar-refractivity contribution is 0.0494. The minimum atomic E-state index is -0.0475. The monoisotopic (exact) mass is 340 g/mol. The number of aliphatic hydroxyl groups excluding tert-OH is 1. The summed E-state index contributed by atoms with van der Waals surface area (Å²) in [6.07, 6.45) is 4.80. The molecule has 0 bridgehead atoms. The molecular weight excluding hydrogens is 312 g/mol. The lowest BCUT2D eigenvalue weighted by Gasteiger charge is -2.16. The van der Waals surface area contributed by atoms with Crippen molar-refractivity contribution in [2.75, 3.05) is 19.7 Å². The Kier molecular flexibility index (Phi) is 5.51. The molecule has 1 aromatic heterocycles. The molecule has 3 rings (SSSR count). The summed E-state index contributed by atoms with van der Waals surface area (Å²) in [5, 5.41) is 14.0. The first-order valence-corrected chi connectivity index (χ1v) is 9.12. The van der Waals surface area contributed by atoms with Crippen LogP contribution < -0.4 is 0 Å². The minimum absolute atomic E-state index is 0.0475. The van der Waals surface area contributed by atoms with Gasteiger partial charge in [0.1, 0.15) is 6.61 Å². The molecule has 2 fully saturated rings. The van der Waals surface area contributed by atoms with Gasteiger partial charge in [0, 0.05) is 25.7 Å². The van der Waals surface area contributed by atoms with Gasteiger partial charge in [-0.25, -0.2) is 4.68 Å². The Balaban J connectivity index is 1.55. The van der Waals surface area contributed by atoms with Crippen LogP contribution in [0.2, 0.25) is 0 Å². The van der Waals surface area contributed by atoms with Gasteiger partial charge >= 0.3 is 0 Å². The van der Waals surface area contributed by atoms with Crippen LogP contribution in [0.3, 0.4) is 0 Å². The average molecular weight is 340 g/mol. The number of rotatable bonds is 8. The van der Waals surface area contributed by atoms with Crippen molar-refractivity contribution < 1.29 is 9.84 Å². The Morgan fingerprint density at radius 3 is 2.78 bits per heavy atom. The lowest BCUT2D eigenvalue weighted by Crippen LogP contribution is -2.27. The van der Waals surface area contributed by atoms with Crippen LogP contribution in [-0.2, 0) is 18.0 Å². The maximum Gasteiger partial charge on any atom is 0.199 e. The summed E-state index contributed by atoms with van der Waals surface area (Å²) >= 11 is 5.55. The van der Waals surface area contributed by atoms with Crippen LogP contribution in [0.1, 0.15) is 51.4 Å². The molecule has 2 aliphatic rings. The zero-order valence-electron chi connectivity index (χ0n) is 14.1. The molecule has 1 unspecified atom stereocenters. The summed E-state index contributed by atoms with van der Waals surface area (Å²) in [5.41, 5.74) is 0. The van der Waals surface area contributed by atoms with Gasteiger partial charge in [0.25, 0.3) is 0 Å². The van der Waals surface area contributed by atoms with Crippen molar-refractivity contribution >= 4 is 12.2 Å². The Hall–Kier alpha value is -0.760. The molecule has 1 aliphatic carbocycles. The average Bonchev–Trinajstić information content (AvgIpc) is 3.17. The lowest BCUT2D eigenvalue weighted by atomic mass is 10.1. The molecular formula is C16H28N4O2S. The highest BCUT2D eigenvalue weighted by Crippen LogP contribution is 2.36. The van der Waals surface area contributed by atoms with Gasteiger partial charge in [-0.3, -0.25) is 9.47 Å². The SMILES string of the molecule is CC(C)CCOC1CCN(Cn2nc(CO)n(C3CC3)c2=S)C1. The maximum absolute atomic E-state index is 9.50. The number of ether oxygens (including phenoxy) is 1. The first-order chi connectivity index (χ1) is 11.1. The van der Waals surface area contributed by atoms with Crippen molar-refractivity contribution in [1.82, 2.24) is 19.2 Å². The summed E-state index contributed by atoms with van der Waals surface area (Å²) in [6.45, 7) is 7.88. The standard InChI is InChI=1S/C16H28N4O2S/c1-12(2)6-8-22-14-5-7-18(9-14)11-19-16(23)20(13-3-4-13)15(10-21)17-19/h12-14,21H,3-11H2,1-2H3. The van der Waals surface area contributed by atoms with E-state index in [0.29, 0.717) is 30.6 Å². The predicted octanol–water partition coefficient (Wildman–Crippen LogP) is 2.34. The maximum atomic E-state index is 9.50. The van der Waals surface area contributed by atoms with E-state index in [1.165, 1.54) is 0 Å². The summed E-state index contributed by atoms with van der Waals surface area (Å²) < 4.78 is 10.6. The number of hydrogen-bond acceptors (Lipinski definition) is 5. The summed E-state index contributed by atoms with van der Waals surface area (Å²) in [7, 11) is 0. The molecule has 2 heterocycles. The molecule has 0 radical (unpaired) electrons. The fraction of sp³-hybridized carbons (Fsp3) is 0.875. The molecule has 0 aromatic carbocycles. The summed E-state index contributed by atoms with van der Waals surface area (Å²) in [4.78, 5) is 2.33. The minimum Gasteiger partial charge on any atom is -0.388 e. The molecule has 1 aliphatic heterocycles. The van der Waals surface area contributed by atoms with Crippen LogP contribution in [0.5, 0.6) is 0 Å². The molecule has 130 valence electrons. The Morgan fingerprint density at radius 2 is 2.13 bits per heavy atom. The van der Waals surface area contributed by atoms with E-state index < -0.39 is 0 Å². The van der Waals surface area contributed by atoms with E-state index in [2.05, 4.69) is 23.8 Å². The fourth-order valence-corrected chi connectivity index (χ4v) is 3.44. The van der Waals surface area contributed by atoms with Gasteiger partial charge in [-0.15, -0.1) is 0 Å². The predicted molar refractivity (Wildman–Crippen MR) is 90.6 cm³/mol. The number of hydrogen-bond donors (Lipinski definition) is 1. The van der Waals surface area contributed by atoms with Crippen LogP contribution in [0.4, 0.5) is 0 Å². The molecule has 0 amide bonds. The van der Waals surface area contributed by atoms with Gasteiger partial charge < -0.3 is 9.84 Å². The van der Waals surface area contributed by atoms with E-state index in [0.717, 1.165) is 50.2 Å². The van der Waals surface area contributed by atoms with Crippen LogP contribution in [-0.4, -0.2) is 50.2 Å². The van der Waals surface area contributed by atoms with E-state index in [-0.39, 0.29) is 6.61 Å². The molecule has 23 heavy (non-hydrogen) atoms. The van der Waals surface area contributed by atoms with Crippen LogP contribution in [0.25, 0.3) is 0 Å². The fourth-order valence-electron chi connectivity index (χ4n) is 3.09. The highest BCUT2D eigenvalue weighted by molar-refractivity contribution is 7.71.